The zero-order chi connectivity index (χ0) is 9.52. The van der Waals surface area contributed by atoms with Crippen molar-refractivity contribution >= 4 is 21.9 Å². The van der Waals surface area contributed by atoms with Crippen molar-refractivity contribution in [2.75, 3.05) is 18.7 Å². The summed E-state index contributed by atoms with van der Waals surface area (Å²) < 4.78 is 15.1. The second-order valence-corrected chi connectivity index (χ2v) is 3.29. The fraction of sp³-hybridized carbons (Fsp3) is 0.875. The van der Waals surface area contributed by atoms with Crippen molar-refractivity contribution in [1.29, 1.82) is 0 Å². The average molecular weight is 253 g/mol. The maximum atomic E-state index is 10.7. The first-order valence-corrected chi connectivity index (χ1v) is 5.40. The van der Waals surface area contributed by atoms with Crippen molar-refractivity contribution in [3.05, 3.63) is 0 Å². The van der Waals surface area contributed by atoms with Crippen molar-refractivity contribution in [2.45, 2.75) is 25.6 Å². The first-order chi connectivity index (χ1) is 6.33. The van der Waals surface area contributed by atoms with Gasteiger partial charge in [0, 0.05) is 6.61 Å². The van der Waals surface area contributed by atoms with Crippen LogP contribution >= 0.6 is 15.9 Å². The molecule has 0 saturated carbocycles. The van der Waals surface area contributed by atoms with Crippen LogP contribution in [0.25, 0.3) is 0 Å². The van der Waals surface area contributed by atoms with Gasteiger partial charge in [0.05, 0.1) is 0 Å². The molecular formula is C8H13BrO4. The number of ether oxygens (including phenoxy) is 3. The van der Waals surface area contributed by atoms with E-state index in [1.165, 1.54) is 0 Å². The third-order valence-electron chi connectivity index (χ3n) is 1.72. The minimum absolute atomic E-state index is 0.0187. The van der Waals surface area contributed by atoms with Crippen molar-refractivity contribution in [3.8, 4) is 0 Å². The van der Waals surface area contributed by atoms with Gasteiger partial charge in [0.1, 0.15) is 5.33 Å². The predicted octanol–water partition coefficient (Wildman–Crippen LogP) is 1.43. The number of carbonyl (C=O) groups excluding carboxylic acids is 1. The SMILES string of the molecule is O=C(CBr)OCOC1CCCCO1. The van der Waals surface area contributed by atoms with Crippen molar-refractivity contribution in [1.82, 2.24) is 0 Å². The summed E-state index contributed by atoms with van der Waals surface area (Å²) in [6.45, 7) is 0.714. The Kier molecular flexibility index (Phi) is 5.34. The van der Waals surface area contributed by atoms with Gasteiger partial charge in [-0.25, -0.2) is 0 Å². The minimum Gasteiger partial charge on any atom is -0.438 e. The molecule has 76 valence electrons. The van der Waals surface area contributed by atoms with Crippen LogP contribution in [0.1, 0.15) is 19.3 Å². The van der Waals surface area contributed by atoms with E-state index in [-0.39, 0.29) is 24.4 Å². The highest BCUT2D eigenvalue weighted by Crippen LogP contribution is 2.13. The maximum Gasteiger partial charge on any atom is 0.318 e. The van der Waals surface area contributed by atoms with E-state index in [2.05, 4.69) is 15.9 Å². The monoisotopic (exact) mass is 252 g/mol. The molecule has 5 heteroatoms. The Labute approximate surface area is 85.7 Å². The summed E-state index contributed by atoms with van der Waals surface area (Å²) in [7, 11) is 0. The summed E-state index contributed by atoms with van der Waals surface area (Å²) in [5.41, 5.74) is 0. The number of hydrogen-bond donors (Lipinski definition) is 0. The van der Waals surface area contributed by atoms with Gasteiger partial charge in [0.25, 0.3) is 0 Å². The van der Waals surface area contributed by atoms with E-state index in [1.807, 2.05) is 0 Å². The Morgan fingerprint density at radius 1 is 1.54 bits per heavy atom. The Morgan fingerprint density at radius 3 is 3.00 bits per heavy atom. The van der Waals surface area contributed by atoms with Gasteiger partial charge in [-0.3, -0.25) is 4.79 Å². The predicted molar refractivity (Wildman–Crippen MR) is 49.4 cm³/mol. The van der Waals surface area contributed by atoms with E-state index in [1.54, 1.807) is 0 Å². The zero-order valence-corrected chi connectivity index (χ0v) is 8.92. The molecule has 1 aliphatic heterocycles. The highest BCUT2D eigenvalue weighted by Gasteiger charge is 2.14. The number of hydrogen-bond acceptors (Lipinski definition) is 4. The quantitative estimate of drug-likeness (QED) is 0.432. The molecule has 1 saturated heterocycles. The normalized spacial score (nSPS) is 22.7. The molecule has 1 unspecified atom stereocenters. The standard InChI is InChI=1S/C8H13BrO4/c9-5-7(10)12-6-13-8-3-1-2-4-11-8/h8H,1-6H2. The fourth-order valence-corrected chi connectivity index (χ4v) is 1.22. The Morgan fingerprint density at radius 2 is 2.38 bits per heavy atom. The molecule has 0 radical (unpaired) electrons. The van der Waals surface area contributed by atoms with E-state index >= 15 is 0 Å². The van der Waals surface area contributed by atoms with Crippen molar-refractivity contribution in [2.24, 2.45) is 0 Å². The van der Waals surface area contributed by atoms with Gasteiger partial charge in [-0.2, -0.15) is 0 Å². The van der Waals surface area contributed by atoms with E-state index in [0.717, 1.165) is 25.9 Å². The van der Waals surface area contributed by atoms with Crippen LogP contribution in [0.15, 0.2) is 0 Å². The number of rotatable bonds is 4. The van der Waals surface area contributed by atoms with E-state index in [4.69, 9.17) is 14.2 Å². The highest BCUT2D eigenvalue weighted by molar-refractivity contribution is 9.09. The van der Waals surface area contributed by atoms with Gasteiger partial charge in [0.15, 0.2) is 13.1 Å². The van der Waals surface area contributed by atoms with Crippen LogP contribution in [-0.4, -0.2) is 31.0 Å². The first-order valence-electron chi connectivity index (χ1n) is 4.27. The fourth-order valence-electron chi connectivity index (χ4n) is 1.06. The lowest BCUT2D eigenvalue weighted by Gasteiger charge is -2.22. The van der Waals surface area contributed by atoms with Gasteiger partial charge in [-0.15, -0.1) is 0 Å². The zero-order valence-electron chi connectivity index (χ0n) is 7.33. The summed E-state index contributed by atoms with van der Waals surface area (Å²) in [5.74, 6) is -0.323. The molecule has 1 rings (SSSR count). The van der Waals surface area contributed by atoms with Gasteiger partial charge >= 0.3 is 5.97 Å². The lowest BCUT2D eigenvalue weighted by atomic mass is 10.2. The van der Waals surface area contributed by atoms with Crippen LogP contribution in [0.2, 0.25) is 0 Å². The Bertz CT molecular complexity index is 156. The molecule has 1 fully saturated rings. The molecule has 0 N–H and O–H groups in total. The van der Waals surface area contributed by atoms with E-state index in [0.29, 0.717) is 0 Å². The minimum atomic E-state index is -0.323. The molecule has 1 heterocycles. The number of halogens is 1. The van der Waals surface area contributed by atoms with Crippen LogP contribution in [0.5, 0.6) is 0 Å². The molecule has 0 spiro atoms. The highest BCUT2D eigenvalue weighted by atomic mass is 79.9. The van der Waals surface area contributed by atoms with Gasteiger partial charge in [0.2, 0.25) is 0 Å². The van der Waals surface area contributed by atoms with Crippen LogP contribution < -0.4 is 0 Å². The lowest BCUT2D eigenvalue weighted by Crippen LogP contribution is -2.24. The maximum absolute atomic E-state index is 10.7. The Hall–Kier alpha value is -0.130. The molecule has 1 atom stereocenters. The molecule has 13 heavy (non-hydrogen) atoms. The molecular weight excluding hydrogens is 240 g/mol. The average Bonchev–Trinajstić information content (AvgIpc) is 2.19. The number of alkyl halides is 1. The van der Waals surface area contributed by atoms with Crippen LogP contribution in [0, 0.1) is 0 Å². The van der Waals surface area contributed by atoms with Crippen LogP contribution in [-0.2, 0) is 19.0 Å². The molecule has 0 aromatic carbocycles. The number of esters is 1. The third kappa shape index (κ3) is 4.59. The molecule has 0 bridgehead atoms. The number of carbonyl (C=O) groups is 1. The van der Waals surface area contributed by atoms with E-state index < -0.39 is 0 Å². The molecule has 0 aromatic heterocycles. The largest absolute Gasteiger partial charge is 0.438 e. The van der Waals surface area contributed by atoms with Gasteiger partial charge in [-0.1, -0.05) is 15.9 Å². The molecule has 0 aromatic rings. The van der Waals surface area contributed by atoms with Gasteiger partial charge < -0.3 is 14.2 Å². The summed E-state index contributed by atoms with van der Waals surface area (Å²) in [6.07, 6.45) is 2.88. The molecule has 0 amide bonds. The van der Waals surface area contributed by atoms with Crippen molar-refractivity contribution in [3.63, 3.8) is 0 Å². The third-order valence-corrected chi connectivity index (χ3v) is 2.18. The molecule has 1 aliphatic rings. The molecule has 4 nitrogen and oxygen atoms in total. The van der Waals surface area contributed by atoms with Crippen molar-refractivity contribution < 1.29 is 19.0 Å². The Balaban J connectivity index is 2.01. The second-order valence-electron chi connectivity index (χ2n) is 2.73. The van der Waals surface area contributed by atoms with Crippen LogP contribution in [0.4, 0.5) is 0 Å². The topological polar surface area (TPSA) is 44.8 Å². The summed E-state index contributed by atoms with van der Waals surface area (Å²) in [6, 6.07) is 0. The lowest BCUT2D eigenvalue weighted by molar-refractivity contribution is -0.209. The van der Waals surface area contributed by atoms with Gasteiger partial charge in [-0.05, 0) is 19.3 Å². The summed E-state index contributed by atoms with van der Waals surface area (Å²) in [5, 5.41) is 0.196. The first kappa shape index (κ1) is 10.9. The smallest absolute Gasteiger partial charge is 0.318 e. The molecule has 0 aliphatic carbocycles. The van der Waals surface area contributed by atoms with E-state index in [9.17, 15) is 4.79 Å². The summed E-state index contributed by atoms with van der Waals surface area (Å²) >= 11 is 2.98. The van der Waals surface area contributed by atoms with Crippen LogP contribution in [0.3, 0.4) is 0 Å². The second kappa shape index (κ2) is 6.34. The summed E-state index contributed by atoms with van der Waals surface area (Å²) in [4.78, 5) is 10.7.